The van der Waals surface area contributed by atoms with Crippen molar-refractivity contribution in [2.45, 2.75) is 6.54 Å². The Kier molecular flexibility index (Phi) is 2.58. The van der Waals surface area contributed by atoms with E-state index in [1.165, 1.54) is 6.20 Å². The van der Waals surface area contributed by atoms with E-state index < -0.39 is 0 Å². The molecule has 0 radical (unpaired) electrons. The molecule has 0 saturated heterocycles. The highest BCUT2D eigenvalue weighted by Gasteiger charge is 2.06. The first-order chi connectivity index (χ1) is 7.67. The maximum Gasteiger partial charge on any atom is 0.199 e. The summed E-state index contributed by atoms with van der Waals surface area (Å²) >= 11 is 0. The summed E-state index contributed by atoms with van der Waals surface area (Å²) in [6, 6.07) is 5.39. The van der Waals surface area contributed by atoms with E-state index in [9.17, 15) is 9.59 Å². The van der Waals surface area contributed by atoms with Crippen molar-refractivity contribution in [2.75, 3.05) is 0 Å². The molecule has 0 amide bonds. The molecule has 0 bridgehead atoms. The molecule has 16 heavy (non-hydrogen) atoms. The standard InChI is InChI=1S/C12H12N2O2/c1-14-6-9(7-15)12(16)10-3-2-8(5-13)4-11(10)14/h2-4,6-7H,5,13H2,1H3. The number of carbonyl (C=O) groups is 1. The van der Waals surface area contributed by atoms with Gasteiger partial charge in [0.25, 0.3) is 0 Å². The highest BCUT2D eigenvalue weighted by molar-refractivity contribution is 5.86. The molecule has 0 aliphatic carbocycles. The quantitative estimate of drug-likeness (QED) is 0.755. The van der Waals surface area contributed by atoms with Crippen LogP contribution in [0.2, 0.25) is 0 Å². The predicted molar refractivity (Wildman–Crippen MR) is 62.5 cm³/mol. The smallest absolute Gasteiger partial charge is 0.199 e. The van der Waals surface area contributed by atoms with Gasteiger partial charge >= 0.3 is 0 Å². The molecule has 1 aromatic carbocycles. The summed E-state index contributed by atoms with van der Waals surface area (Å²) in [5, 5.41) is 0.546. The first-order valence-electron chi connectivity index (χ1n) is 4.95. The maximum absolute atomic E-state index is 11.8. The van der Waals surface area contributed by atoms with Crippen molar-refractivity contribution in [1.29, 1.82) is 0 Å². The van der Waals surface area contributed by atoms with Crippen LogP contribution in [0.4, 0.5) is 0 Å². The summed E-state index contributed by atoms with van der Waals surface area (Å²) in [4.78, 5) is 22.5. The van der Waals surface area contributed by atoms with Crippen LogP contribution in [0.1, 0.15) is 15.9 Å². The molecule has 1 heterocycles. The second kappa shape index (κ2) is 3.90. The first-order valence-corrected chi connectivity index (χ1v) is 4.95. The third-order valence-corrected chi connectivity index (χ3v) is 2.64. The maximum atomic E-state index is 11.8. The number of hydrogen-bond donors (Lipinski definition) is 1. The molecule has 82 valence electrons. The van der Waals surface area contributed by atoms with Crippen LogP contribution in [0.15, 0.2) is 29.2 Å². The van der Waals surface area contributed by atoms with E-state index in [0.717, 1.165) is 11.1 Å². The van der Waals surface area contributed by atoms with Gasteiger partial charge in [-0.2, -0.15) is 0 Å². The monoisotopic (exact) mass is 216 g/mol. The van der Waals surface area contributed by atoms with Gasteiger partial charge in [-0.3, -0.25) is 9.59 Å². The zero-order valence-electron chi connectivity index (χ0n) is 8.93. The van der Waals surface area contributed by atoms with Gasteiger partial charge in [-0.1, -0.05) is 6.07 Å². The molecule has 0 fully saturated rings. The lowest BCUT2D eigenvalue weighted by Gasteiger charge is -2.07. The van der Waals surface area contributed by atoms with Crippen molar-refractivity contribution in [1.82, 2.24) is 4.57 Å². The molecule has 2 rings (SSSR count). The molecular weight excluding hydrogens is 204 g/mol. The average Bonchev–Trinajstić information content (AvgIpc) is 2.33. The number of aromatic nitrogens is 1. The highest BCUT2D eigenvalue weighted by Crippen LogP contribution is 2.12. The molecule has 2 aromatic rings. The second-order valence-electron chi connectivity index (χ2n) is 3.70. The second-order valence-corrected chi connectivity index (χ2v) is 3.70. The van der Waals surface area contributed by atoms with Crippen LogP contribution in [0, 0.1) is 0 Å². The molecule has 0 aliphatic rings. The van der Waals surface area contributed by atoms with E-state index >= 15 is 0 Å². The fourth-order valence-corrected chi connectivity index (χ4v) is 1.76. The van der Waals surface area contributed by atoms with Gasteiger partial charge < -0.3 is 10.3 Å². The van der Waals surface area contributed by atoms with Gasteiger partial charge in [0.2, 0.25) is 0 Å². The van der Waals surface area contributed by atoms with E-state index in [4.69, 9.17) is 5.73 Å². The number of aryl methyl sites for hydroxylation is 1. The van der Waals surface area contributed by atoms with Crippen molar-refractivity contribution in [2.24, 2.45) is 12.8 Å². The number of aldehydes is 1. The van der Waals surface area contributed by atoms with Crippen LogP contribution in [-0.2, 0) is 13.6 Å². The third kappa shape index (κ3) is 1.53. The number of fused-ring (bicyclic) bond motifs is 1. The Bertz CT molecular complexity index is 614. The number of benzene rings is 1. The fraction of sp³-hybridized carbons (Fsp3) is 0.167. The number of hydrogen-bond acceptors (Lipinski definition) is 3. The summed E-state index contributed by atoms with van der Waals surface area (Å²) in [5.41, 5.74) is 7.24. The summed E-state index contributed by atoms with van der Waals surface area (Å²) < 4.78 is 1.76. The zero-order valence-corrected chi connectivity index (χ0v) is 8.93. The summed E-state index contributed by atoms with van der Waals surface area (Å²) in [5.74, 6) is 0. The van der Waals surface area contributed by atoms with Crippen LogP contribution in [-0.4, -0.2) is 10.9 Å². The molecule has 4 nitrogen and oxygen atoms in total. The van der Waals surface area contributed by atoms with Crippen LogP contribution >= 0.6 is 0 Å². The molecule has 0 unspecified atom stereocenters. The van der Waals surface area contributed by atoms with Crippen LogP contribution in [0.25, 0.3) is 10.9 Å². The molecule has 2 N–H and O–H groups in total. The van der Waals surface area contributed by atoms with Crippen molar-refractivity contribution >= 4 is 17.2 Å². The molecule has 0 saturated carbocycles. The Morgan fingerprint density at radius 1 is 1.44 bits per heavy atom. The lowest BCUT2D eigenvalue weighted by atomic mass is 10.1. The lowest BCUT2D eigenvalue weighted by molar-refractivity contribution is 0.112. The minimum absolute atomic E-state index is 0.176. The van der Waals surface area contributed by atoms with Crippen molar-refractivity contribution in [3.8, 4) is 0 Å². The van der Waals surface area contributed by atoms with Gasteiger partial charge in [-0.15, -0.1) is 0 Å². The first kappa shape index (κ1) is 10.6. The number of rotatable bonds is 2. The molecule has 0 aliphatic heterocycles. The summed E-state index contributed by atoms with van der Waals surface area (Å²) in [6.07, 6.45) is 2.12. The Labute approximate surface area is 92.3 Å². The van der Waals surface area contributed by atoms with E-state index in [-0.39, 0.29) is 11.0 Å². The fourth-order valence-electron chi connectivity index (χ4n) is 1.76. The molecule has 4 heteroatoms. The van der Waals surface area contributed by atoms with E-state index in [1.54, 1.807) is 23.7 Å². The van der Waals surface area contributed by atoms with Crippen molar-refractivity contribution in [3.63, 3.8) is 0 Å². The van der Waals surface area contributed by atoms with Gasteiger partial charge in [-0.25, -0.2) is 0 Å². The lowest BCUT2D eigenvalue weighted by Crippen LogP contribution is -2.13. The van der Waals surface area contributed by atoms with Crippen LogP contribution in [0.5, 0.6) is 0 Å². The highest BCUT2D eigenvalue weighted by atomic mass is 16.1. The van der Waals surface area contributed by atoms with E-state index in [2.05, 4.69) is 0 Å². The van der Waals surface area contributed by atoms with Crippen LogP contribution < -0.4 is 11.2 Å². The Morgan fingerprint density at radius 3 is 2.81 bits per heavy atom. The number of nitrogens with two attached hydrogens (primary N) is 1. The Morgan fingerprint density at radius 2 is 2.19 bits per heavy atom. The van der Waals surface area contributed by atoms with Gasteiger partial charge in [0.15, 0.2) is 11.7 Å². The van der Waals surface area contributed by atoms with Gasteiger partial charge in [0, 0.05) is 25.2 Å². The normalized spacial score (nSPS) is 10.6. The Balaban J connectivity index is 2.89. The minimum atomic E-state index is -0.230. The SMILES string of the molecule is Cn1cc(C=O)c(=O)c2ccc(CN)cc21. The molecule has 0 spiro atoms. The largest absolute Gasteiger partial charge is 0.350 e. The molecular formula is C12H12N2O2. The Hall–Kier alpha value is -1.94. The number of pyridine rings is 1. The summed E-state index contributed by atoms with van der Waals surface area (Å²) in [7, 11) is 1.80. The van der Waals surface area contributed by atoms with E-state index in [0.29, 0.717) is 18.2 Å². The molecule has 1 aromatic heterocycles. The zero-order chi connectivity index (χ0) is 11.7. The third-order valence-electron chi connectivity index (χ3n) is 2.64. The van der Waals surface area contributed by atoms with Crippen molar-refractivity contribution in [3.05, 3.63) is 45.7 Å². The van der Waals surface area contributed by atoms with Crippen LogP contribution in [0.3, 0.4) is 0 Å². The van der Waals surface area contributed by atoms with Crippen molar-refractivity contribution < 1.29 is 4.79 Å². The molecule has 0 atom stereocenters. The number of nitrogens with zero attached hydrogens (tertiary/aromatic N) is 1. The van der Waals surface area contributed by atoms with Gasteiger partial charge in [0.1, 0.15) is 0 Å². The minimum Gasteiger partial charge on any atom is -0.350 e. The summed E-state index contributed by atoms with van der Waals surface area (Å²) in [6.45, 7) is 0.430. The van der Waals surface area contributed by atoms with Gasteiger partial charge in [-0.05, 0) is 17.7 Å². The van der Waals surface area contributed by atoms with Gasteiger partial charge in [0.05, 0.1) is 11.1 Å². The topological polar surface area (TPSA) is 65.1 Å². The average molecular weight is 216 g/mol. The predicted octanol–water partition coefficient (Wildman–Crippen LogP) is 0.810. The van der Waals surface area contributed by atoms with E-state index in [1.807, 2.05) is 6.07 Å². The number of carbonyl (C=O) groups excluding carboxylic acids is 1.